The third-order valence-electron chi connectivity index (χ3n) is 3.65. The summed E-state index contributed by atoms with van der Waals surface area (Å²) in [6, 6.07) is 16.8. The maximum Gasteiger partial charge on any atom is 0.234 e. The molecule has 0 radical (unpaired) electrons. The number of benzene rings is 2. The second-order valence-corrected chi connectivity index (χ2v) is 5.35. The van der Waals surface area contributed by atoms with Crippen LogP contribution in [-0.4, -0.2) is 23.6 Å². The molecule has 2 rings (SSSR count). The summed E-state index contributed by atoms with van der Waals surface area (Å²) in [5.74, 6) is -0.0591. The van der Waals surface area contributed by atoms with Crippen LogP contribution in [-0.2, 0) is 17.6 Å². The smallest absolute Gasteiger partial charge is 0.234 e. The van der Waals surface area contributed by atoms with Gasteiger partial charge in [0.1, 0.15) is 5.75 Å². The van der Waals surface area contributed by atoms with Gasteiger partial charge in [0.2, 0.25) is 5.91 Å². The number of primary amides is 1. The highest BCUT2D eigenvalue weighted by molar-refractivity contribution is 5.79. The van der Waals surface area contributed by atoms with Gasteiger partial charge in [-0.25, -0.2) is 0 Å². The third-order valence-corrected chi connectivity index (χ3v) is 3.65. The van der Waals surface area contributed by atoms with Gasteiger partial charge in [-0.05, 0) is 49.1 Å². The van der Waals surface area contributed by atoms with Crippen LogP contribution in [0.4, 0.5) is 0 Å². The van der Waals surface area contributed by atoms with Gasteiger partial charge >= 0.3 is 0 Å². The summed E-state index contributed by atoms with van der Waals surface area (Å²) in [6.07, 6.45) is 2.30. The van der Waals surface area contributed by atoms with Crippen LogP contribution < -0.4 is 11.1 Å². The summed E-state index contributed by atoms with van der Waals surface area (Å²) in [7, 11) is 0. The number of phenols is 1. The molecule has 4 N–H and O–H groups in total. The summed E-state index contributed by atoms with van der Waals surface area (Å²) in [5, 5.41) is 12.5. The molecular weight excluding hydrogens is 276 g/mol. The van der Waals surface area contributed by atoms with Crippen molar-refractivity contribution in [1.29, 1.82) is 0 Å². The molecule has 0 aliphatic rings. The molecule has 0 fully saturated rings. The van der Waals surface area contributed by atoms with Crippen LogP contribution in [0.1, 0.15) is 17.5 Å². The molecule has 0 bridgehead atoms. The number of aromatic hydroxyl groups is 1. The fourth-order valence-electron chi connectivity index (χ4n) is 2.35. The lowest BCUT2D eigenvalue weighted by Gasteiger charge is -2.15. The Kier molecular flexibility index (Phi) is 5.98. The fraction of sp³-hybridized carbons (Fsp3) is 0.278. The van der Waals surface area contributed by atoms with Gasteiger partial charge in [0.05, 0.1) is 6.04 Å². The Labute approximate surface area is 131 Å². The number of aryl methyl sites for hydroxylation is 1. The van der Waals surface area contributed by atoms with Crippen LogP contribution >= 0.6 is 0 Å². The molecule has 2 aromatic rings. The molecule has 0 saturated heterocycles. The zero-order valence-corrected chi connectivity index (χ0v) is 12.5. The van der Waals surface area contributed by atoms with E-state index in [-0.39, 0.29) is 17.7 Å². The Morgan fingerprint density at radius 2 is 1.64 bits per heavy atom. The third kappa shape index (κ3) is 5.22. The fourth-order valence-corrected chi connectivity index (χ4v) is 2.35. The van der Waals surface area contributed by atoms with Crippen LogP contribution in [0.25, 0.3) is 0 Å². The van der Waals surface area contributed by atoms with Gasteiger partial charge in [0.25, 0.3) is 0 Å². The van der Waals surface area contributed by atoms with Crippen molar-refractivity contribution in [1.82, 2.24) is 5.32 Å². The van der Waals surface area contributed by atoms with Gasteiger partial charge in [-0.15, -0.1) is 0 Å². The van der Waals surface area contributed by atoms with Crippen LogP contribution in [0.5, 0.6) is 5.75 Å². The lowest BCUT2D eigenvalue weighted by atomic mass is 10.0. The first-order valence-corrected chi connectivity index (χ1v) is 7.49. The highest BCUT2D eigenvalue weighted by Gasteiger charge is 2.14. The molecule has 0 heterocycles. The van der Waals surface area contributed by atoms with E-state index in [1.807, 2.05) is 30.3 Å². The summed E-state index contributed by atoms with van der Waals surface area (Å²) in [6.45, 7) is 0.674. The minimum Gasteiger partial charge on any atom is -0.508 e. The second kappa shape index (κ2) is 8.20. The van der Waals surface area contributed by atoms with E-state index in [1.54, 1.807) is 12.1 Å². The van der Waals surface area contributed by atoms with Gasteiger partial charge < -0.3 is 16.2 Å². The van der Waals surface area contributed by atoms with Crippen molar-refractivity contribution >= 4 is 5.91 Å². The first-order valence-electron chi connectivity index (χ1n) is 7.49. The maximum atomic E-state index is 11.5. The molecular formula is C18H22N2O2. The van der Waals surface area contributed by atoms with Crippen molar-refractivity contribution in [2.24, 2.45) is 5.73 Å². The highest BCUT2D eigenvalue weighted by Crippen LogP contribution is 2.10. The van der Waals surface area contributed by atoms with Crippen molar-refractivity contribution in [2.45, 2.75) is 25.3 Å². The summed E-state index contributed by atoms with van der Waals surface area (Å²) >= 11 is 0. The van der Waals surface area contributed by atoms with E-state index in [0.717, 1.165) is 18.4 Å². The summed E-state index contributed by atoms with van der Waals surface area (Å²) in [5.41, 5.74) is 7.78. The van der Waals surface area contributed by atoms with E-state index >= 15 is 0 Å². The molecule has 0 aliphatic heterocycles. The molecule has 0 saturated carbocycles. The lowest BCUT2D eigenvalue weighted by Crippen LogP contribution is -2.42. The Balaban J connectivity index is 1.79. The predicted molar refractivity (Wildman–Crippen MR) is 87.6 cm³/mol. The molecule has 4 nitrogen and oxygen atoms in total. The van der Waals surface area contributed by atoms with Gasteiger partial charge in [-0.2, -0.15) is 0 Å². The number of carbonyl (C=O) groups is 1. The average molecular weight is 298 g/mol. The van der Waals surface area contributed by atoms with Crippen molar-refractivity contribution in [3.63, 3.8) is 0 Å². The molecule has 0 spiro atoms. The molecule has 0 aromatic heterocycles. The number of amides is 1. The molecule has 4 heteroatoms. The molecule has 22 heavy (non-hydrogen) atoms. The first kappa shape index (κ1) is 16.0. The maximum absolute atomic E-state index is 11.5. The molecule has 1 atom stereocenters. The monoisotopic (exact) mass is 298 g/mol. The number of rotatable bonds is 8. The highest BCUT2D eigenvalue weighted by atomic mass is 16.3. The van der Waals surface area contributed by atoms with Crippen LogP contribution in [0.15, 0.2) is 54.6 Å². The van der Waals surface area contributed by atoms with E-state index in [0.29, 0.717) is 13.0 Å². The standard InChI is InChI=1S/C18H22N2O2/c19-18(22)17(11-8-14-4-2-1-3-5-14)20-13-12-15-6-9-16(21)10-7-15/h1-7,9-10,17,20-21H,8,11-13H2,(H2,19,22)/t17-/m1/s1. The number of phenolic OH excluding ortho intramolecular Hbond substituents is 1. The van der Waals surface area contributed by atoms with E-state index < -0.39 is 0 Å². The zero-order valence-electron chi connectivity index (χ0n) is 12.5. The lowest BCUT2D eigenvalue weighted by molar-refractivity contribution is -0.120. The second-order valence-electron chi connectivity index (χ2n) is 5.35. The molecule has 0 unspecified atom stereocenters. The quantitative estimate of drug-likeness (QED) is 0.698. The number of hydrogen-bond acceptors (Lipinski definition) is 3. The van der Waals surface area contributed by atoms with E-state index in [2.05, 4.69) is 17.4 Å². The minimum absolute atomic E-state index is 0.259. The Bertz CT molecular complexity index is 582. The van der Waals surface area contributed by atoms with Crippen molar-refractivity contribution < 1.29 is 9.90 Å². The van der Waals surface area contributed by atoms with Gasteiger partial charge in [-0.3, -0.25) is 4.79 Å². The molecule has 2 aromatic carbocycles. The Hall–Kier alpha value is -2.33. The molecule has 116 valence electrons. The summed E-state index contributed by atoms with van der Waals surface area (Å²) < 4.78 is 0. The zero-order chi connectivity index (χ0) is 15.8. The number of nitrogens with two attached hydrogens (primary N) is 1. The first-order chi connectivity index (χ1) is 10.6. The Morgan fingerprint density at radius 1 is 1.00 bits per heavy atom. The van der Waals surface area contributed by atoms with Gasteiger partial charge in [-0.1, -0.05) is 42.5 Å². The summed E-state index contributed by atoms with van der Waals surface area (Å²) in [4.78, 5) is 11.5. The topological polar surface area (TPSA) is 75.4 Å². The molecule has 1 amide bonds. The molecule has 0 aliphatic carbocycles. The van der Waals surface area contributed by atoms with E-state index in [1.165, 1.54) is 5.56 Å². The minimum atomic E-state index is -0.322. The number of carbonyl (C=O) groups excluding carboxylic acids is 1. The van der Waals surface area contributed by atoms with Crippen LogP contribution in [0.3, 0.4) is 0 Å². The van der Waals surface area contributed by atoms with Crippen LogP contribution in [0, 0.1) is 0 Å². The normalized spacial score (nSPS) is 12.0. The van der Waals surface area contributed by atoms with Crippen molar-refractivity contribution in [3.05, 3.63) is 65.7 Å². The Morgan fingerprint density at radius 3 is 2.27 bits per heavy atom. The predicted octanol–water partition coefficient (Wildman–Crippen LogP) is 2.01. The van der Waals surface area contributed by atoms with Crippen LogP contribution in [0.2, 0.25) is 0 Å². The van der Waals surface area contributed by atoms with Gasteiger partial charge in [0, 0.05) is 0 Å². The largest absolute Gasteiger partial charge is 0.508 e. The average Bonchev–Trinajstić information content (AvgIpc) is 2.53. The van der Waals surface area contributed by atoms with Crippen molar-refractivity contribution in [3.8, 4) is 5.75 Å². The van der Waals surface area contributed by atoms with Crippen molar-refractivity contribution in [2.75, 3.05) is 6.54 Å². The SMILES string of the molecule is NC(=O)[C@@H](CCc1ccccc1)NCCc1ccc(O)cc1. The number of nitrogens with one attached hydrogen (secondary N) is 1. The van der Waals surface area contributed by atoms with Gasteiger partial charge in [0.15, 0.2) is 0 Å². The number of hydrogen-bond donors (Lipinski definition) is 3. The van der Waals surface area contributed by atoms with E-state index in [9.17, 15) is 9.90 Å². The van der Waals surface area contributed by atoms with E-state index in [4.69, 9.17) is 5.73 Å².